The number of hydrogen-bond acceptors (Lipinski definition) is 3. The van der Waals surface area contributed by atoms with Crippen LogP contribution in [0.1, 0.15) is 5.56 Å². The van der Waals surface area contributed by atoms with Gasteiger partial charge in [-0.3, -0.25) is 4.99 Å². The molecule has 2 rings (SSSR count). The van der Waals surface area contributed by atoms with Gasteiger partial charge >= 0.3 is 0 Å². The zero-order valence-electron chi connectivity index (χ0n) is 11.3. The zero-order valence-corrected chi connectivity index (χ0v) is 11.3. The summed E-state index contributed by atoms with van der Waals surface area (Å²) in [5.74, 6) is 1.50. The summed E-state index contributed by atoms with van der Waals surface area (Å²) in [7, 11) is 1.67. The van der Waals surface area contributed by atoms with E-state index in [0.717, 1.165) is 38.5 Å². The number of nitrogens with two attached hydrogens (primary N) is 1. The van der Waals surface area contributed by atoms with Crippen LogP contribution in [-0.2, 0) is 11.2 Å². The van der Waals surface area contributed by atoms with E-state index in [-0.39, 0.29) is 0 Å². The molecule has 1 saturated heterocycles. The Kier molecular flexibility index (Phi) is 5.03. The minimum atomic E-state index is 0.622. The second-order valence-corrected chi connectivity index (χ2v) is 4.44. The minimum absolute atomic E-state index is 0.622. The SMILES string of the molecule is COc1ccc(CCN=C(N)N2CCOCC2)cc1. The number of guanidine groups is 1. The van der Waals surface area contributed by atoms with Crippen LogP contribution < -0.4 is 10.5 Å². The predicted molar refractivity (Wildman–Crippen MR) is 75.6 cm³/mol. The number of aliphatic imine (C=N–C) groups is 1. The largest absolute Gasteiger partial charge is 0.497 e. The van der Waals surface area contributed by atoms with E-state index in [2.05, 4.69) is 22.0 Å². The fourth-order valence-electron chi connectivity index (χ4n) is 1.98. The molecule has 1 aromatic carbocycles. The lowest BCUT2D eigenvalue weighted by atomic mass is 10.1. The quantitative estimate of drug-likeness (QED) is 0.647. The molecule has 0 saturated carbocycles. The van der Waals surface area contributed by atoms with Crippen LogP contribution >= 0.6 is 0 Å². The average Bonchev–Trinajstić information content (AvgIpc) is 2.49. The van der Waals surface area contributed by atoms with Gasteiger partial charge in [-0.25, -0.2) is 0 Å². The number of morpholine rings is 1. The lowest BCUT2D eigenvalue weighted by Gasteiger charge is -2.27. The van der Waals surface area contributed by atoms with Gasteiger partial charge in [0.05, 0.1) is 20.3 Å². The molecule has 0 unspecified atom stereocenters. The summed E-state index contributed by atoms with van der Waals surface area (Å²) in [5, 5.41) is 0. The Hall–Kier alpha value is -1.75. The van der Waals surface area contributed by atoms with Gasteiger partial charge in [0, 0.05) is 19.6 Å². The Labute approximate surface area is 114 Å². The molecule has 1 aromatic rings. The van der Waals surface area contributed by atoms with E-state index in [1.54, 1.807) is 7.11 Å². The maximum absolute atomic E-state index is 5.96. The van der Waals surface area contributed by atoms with Gasteiger partial charge < -0.3 is 20.1 Å². The minimum Gasteiger partial charge on any atom is -0.497 e. The van der Waals surface area contributed by atoms with Crippen molar-refractivity contribution in [1.82, 2.24) is 4.90 Å². The highest BCUT2D eigenvalue weighted by Crippen LogP contribution is 2.11. The third-order valence-corrected chi connectivity index (χ3v) is 3.17. The number of methoxy groups -OCH3 is 1. The van der Waals surface area contributed by atoms with Crippen LogP contribution in [0.5, 0.6) is 5.75 Å². The number of rotatable bonds is 4. The molecule has 1 fully saturated rings. The Morgan fingerprint density at radius 3 is 2.63 bits per heavy atom. The van der Waals surface area contributed by atoms with E-state index in [4.69, 9.17) is 15.2 Å². The van der Waals surface area contributed by atoms with Gasteiger partial charge in [0.2, 0.25) is 0 Å². The lowest BCUT2D eigenvalue weighted by molar-refractivity contribution is 0.0674. The molecule has 1 heterocycles. The van der Waals surface area contributed by atoms with Crippen molar-refractivity contribution in [2.24, 2.45) is 10.7 Å². The standard InChI is InChI=1S/C14H21N3O2/c1-18-13-4-2-12(3-5-13)6-7-16-14(15)17-8-10-19-11-9-17/h2-5H,6-11H2,1H3,(H2,15,16). The Bertz CT molecular complexity index is 411. The number of ether oxygens (including phenoxy) is 2. The van der Waals surface area contributed by atoms with Crippen LogP contribution in [0.25, 0.3) is 0 Å². The molecule has 104 valence electrons. The van der Waals surface area contributed by atoms with Crippen molar-refractivity contribution >= 4 is 5.96 Å². The number of hydrogen-bond donors (Lipinski definition) is 1. The lowest BCUT2D eigenvalue weighted by Crippen LogP contribution is -2.44. The Morgan fingerprint density at radius 1 is 1.32 bits per heavy atom. The van der Waals surface area contributed by atoms with Crippen molar-refractivity contribution in [3.05, 3.63) is 29.8 Å². The van der Waals surface area contributed by atoms with E-state index in [1.807, 2.05) is 12.1 Å². The number of nitrogens with zero attached hydrogens (tertiary/aromatic N) is 2. The van der Waals surface area contributed by atoms with E-state index in [9.17, 15) is 0 Å². The van der Waals surface area contributed by atoms with Crippen LogP contribution in [0.3, 0.4) is 0 Å². The summed E-state index contributed by atoms with van der Waals surface area (Å²) in [6.07, 6.45) is 0.884. The molecule has 0 amide bonds. The monoisotopic (exact) mass is 263 g/mol. The van der Waals surface area contributed by atoms with Crippen LogP contribution in [0.4, 0.5) is 0 Å². The topological polar surface area (TPSA) is 60.1 Å². The predicted octanol–water partition coefficient (Wildman–Crippen LogP) is 0.885. The van der Waals surface area contributed by atoms with Crippen LogP contribution in [0.15, 0.2) is 29.3 Å². The van der Waals surface area contributed by atoms with E-state index >= 15 is 0 Å². The Balaban J connectivity index is 1.80. The highest BCUT2D eigenvalue weighted by Gasteiger charge is 2.11. The first-order valence-electron chi connectivity index (χ1n) is 6.55. The molecule has 1 aliphatic heterocycles. The van der Waals surface area contributed by atoms with Crippen molar-refractivity contribution in [3.63, 3.8) is 0 Å². The molecular formula is C14H21N3O2. The fraction of sp³-hybridized carbons (Fsp3) is 0.500. The smallest absolute Gasteiger partial charge is 0.191 e. The van der Waals surface area contributed by atoms with Crippen LogP contribution in [0.2, 0.25) is 0 Å². The summed E-state index contributed by atoms with van der Waals surface area (Å²) in [6, 6.07) is 8.04. The molecule has 0 spiro atoms. The van der Waals surface area contributed by atoms with Crippen molar-refractivity contribution in [3.8, 4) is 5.75 Å². The molecule has 2 N–H and O–H groups in total. The molecule has 0 radical (unpaired) electrons. The third kappa shape index (κ3) is 4.13. The summed E-state index contributed by atoms with van der Waals surface area (Å²) in [6.45, 7) is 3.83. The first-order valence-corrected chi connectivity index (χ1v) is 6.55. The van der Waals surface area contributed by atoms with E-state index < -0.39 is 0 Å². The second kappa shape index (κ2) is 6.99. The summed E-state index contributed by atoms with van der Waals surface area (Å²) >= 11 is 0. The molecule has 0 atom stereocenters. The molecule has 0 bridgehead atoms. The van der Waals surface area contributed by atoms with Gasteiger partial charge in [0.25, 0.3) is 0 Å². The van der Waals surface area contributed by atoms with Crippen LogP contribution in [0, 0.1) is 0 Å². The summed E-state index contributed by atoms with van der Waals surface area (Å²) in [4.78, 5) is 6.49. The van der Waals surface area contributed by atoms with E-state index in [1.165, 1.54) is 5.56 Å². The molecule has 0 aromatic heterocycles. The van der Waals surface area contributed by atoms with Gasteiger partial charge in [-0.05, 0) is 24.1 Å². The Morgan fingerprint density at radius 2 is 2.00 bits per heavy atom. The third-order valence-electron chi connectivity index (χ3n) is 3.17. The van der Waals surface area contributed by atoms with Crippen molar-refractivity contribution in [2.75, 3.05) is 40.0 Å². The maximum Gasteiger partial charge on any atom is 0.191 e. The maximum atomic E-state index is 5.96. The van der Waals surface area contributed by atoms with Crippen LogP contribution in [-0.4, -0.2) is 50.8 Å². The van der Waals surface area contributed by atoms with Gasteiger partial charge in [-0.2, -0.15) is 0 Å². The van der Waals surface area contributed by atoms with Crippen molar-refractivity contribution in [1.29, 1.82) is 0 Å². The van der Waals surface area contributed by atoms with Gasteiger partial charge in [-0.1, -0.05) is 12.1 Å². The summed E-state index contributed by atoms with van der Waals surface area (Å²) < 4.78 is 10.4. The highest BCUT2D eigenvalue weighted by molar-refractivity contribution is 5.78. The first kappa shape index (κ1) is 13.7. The molecule has 19 heavy (non-hydrogen) atoms. The zero-order chi connectivity index (χ0) is 13.5. The van der Waals surface area contributed by atoms with Gasteiger partial charge in [-0.15, -0.1) is 0 Å². The molecular weight excluding hydrogens is 242 g/mol. The molecule has 5 nitrogen and oxygen atoms in total. The van der Waals surface area contributed by atoms with Crippen molar-refractivity contribution < 1.29 is 9.47 Å². The van der Waals surface area contributed by atoms with Gasteiger partial charge in [0.1, 0.15) is 5.75 Å². The summed E-state index contributed by atoms with van der Waals surface area (Å²) in [5.41, 5.74) is 7.19. The number of benzene rings is 1. The van der Waals surface area contributed by atoms with Gasteiger partial charge in [0.15, 0.2) is 5.96 Å². The normalized spacial score (nSPS) is 16.5. The van der Waals surface area contributed by atoms with E-state index in [0.29, 0.717) is 12.5 Å². The van der Waals surface area contributed by atoms with Crippen molar-refractivity contribution in [2.45, 2.75) is 6.42 Å². The molecule has 0 aliphatic carbocycles. The average molecular weight is 263 g/mol. The highest BCUT2D eigenvalue weighted by atomic mass is 16.5. The fourth-order valence-corrected chi connectivity index (χ4v) is 1.98. The molecule has 5 heteroatoms. The first-order chi connectivity index (χ1) is 9.29. The molecule has 1 aliphatic rings. The second-order valence-electron chi connectivity index (χ2n) is 4.44.